The van der Waals surface area contributed by atoms with E-state index in [2.05, 4.69) is 5.32 Å². The van der Waals surface area contributed by atoms with E-state index in [4.69, 9.17) is 26.1 Å². The van der Waals surface area contributed by atoms with Gasteiger partial charge in [0, 0.05) is 23.7 Å². The van der Waals surface area contributed by atoms with Crippen molar-refractivity contribution in [1.29, 1.82) is 0 Å². The lowest BCUT2D eigenvalue weighted by Crippen LogP contribution is -2.61. The van der Waals surface area contributed by atoms with Crippen molar-refractivity contribution in [2.75, 3.05) is 33.1 Å². The van der Waals surface area contributed by atoms with E-state index in [-0.39, 0.29) is 24.3 Å². The van der Waals surface area contributed by atoms with E-state index >= 15 is 0 Å². The van der Waals surface area contributed by atoms with Crippen LogP contribution in [-0.2, 0) is 21.7 Å². The quantitative estimate of drug-likeness (QED) is 0.492. The van der Waals surface area contributed by atoms with E-state index in [0.29, 0.717) is 39.4 Å². The van der Waals surface area contributed by atoms with Gasteiger partial charge < -0.3 is 19.2 Å². The van der Waals surface area contributed by atoms with Crippen LogP contribution in [-0.4, -0.2) is 58.5 Å². The van der Waals surface area contributed by atoms with Crippen LogP contribution in [0.25, 0.3) is 0 Å². The Labute approximate surface area is 223 Å². The average molecular weight is 536 g/mol. The van der Waals surface area contributed by atoms with E-state index in [1.54, 1.807) is 37.5 Å². The van der Waals surface area contributed by atoms with Crippen molar-refractivity contribution in [1.82, 2.24) is 9.80 Å². The van der Waals surface area contributed by atoms with Gasteiger partial charge in [-0.2, -0.15) is 0 Å². The fourth-order valence-electron chi connectivity index (χ4n) is 6.06. The summed E-state index contributed by atoms with van der Waals surface area (Å²) in [6, 6.07) is 16.8. The number of nitrogens with one attached hydrogen (secondary N) is 1. The highest BCUT2D eigenvalue weighted by atomic mass is 32.2. The predicted octanol–water partition coefficient (Wildman–Crippen LogP) is 3.97. The Morgan fingerprint density at radius 1 is 1.11 bits per heavy atom. The number of hydrogen-bond acceptors (Lipinski definition) is 8. The Morgan fingerprint density at radius 3 is 2.51 bits per heavy atom. The first-order valence-corrected chi connectivity index (χ1v) is 13.0. The number of amides is 2. The zero-order chi connectivity index (χ0) is 25.9. The molecule has 190 valence electrons. The summed E-state index contributed by atoms with van der Waals surface area (Å²) < 4.78 is 15.6. The Hall–Kier alpha value is -3.34. The lowest BCUT2D eigenvalue weighted by Gasteiger charge is -2.41. The maximum absolute atomic E-state index is 14.7. The molecular weight excluding hydrogens is 510 g/mol. The molecular formula is C27H25N3O5S2. The summed E-state index contributed by atoms with van der Waals surface area (Å²) >= 11 is 7.12. The average Bonchev–Trinajstić information content (AvgIpc) is 3.64. The van der Waals surface area contributed by atoms with Crippen LogP contribution in [0.1, 0.15) is 22.8 Å². The standard InChI is InChI=1S/C27H25N3O5S2/c1-29-15-21(16-6-8-17(33-2)9-7-16)27(24(32)30(25(36)37-27)14-19-5-4-12-35-19)26(29)20-13-18(34-3)10-11-22(20)28-23(26)31/h4-13,21H,14-15H2,1-3H3,(H,28,31). The molecule has 0 bridgehead atoms. The molecule has 1 aromatic heterocycles. The van der Waals surface area contributed by atoms with Crippen LogP contribution in [0.2, 0.25) is 0 Å². The molecule has 10 heteroatoms. The molecule has 0 saturated carbocycles. The minimum absolute atomic E-state index is 0.196. The molecule has 3 unspecified atom stereocenters. The molecule has 6 rings (SSSR count). The molecule has 2 fully saturated rings. The molecule has 8 nitrogen and oxygen atoms in total. The summed E-state index contributed by atoms with van der Waals surface area (Å²) in [5, 5.41) is 3.05. The number of thioether (sulfide) groups is 1. The highest BCUT2D eigenvalue weighted by molar-refractivity contribution is 8.25. The fourth-order valence-corrected chi connectivity index (χ4v) is 8.19. The maximum Gasteiger partial charge on any atom is 0.251 e. The predicted molar refractivity (Wildman–Crippen MR) is 144 cm³/mol. The second-order valence-corrected chi connectivity index (χ2v) is 11.2. The number of carbonyl (C=O) groups excluding carboxylic acids is 2. The number of furan rings is 1. The molecule has 3 aromatic rings. The molecule has 1 N–H and O–H groups in total. The van der Waals surface area contributed by atoms with Gasteiger partial charge in [-0.05, 0) is 55.1 Å². The third-order valence-electron chi connectivity index (χ3n) is 7.69. The Kier molecular flexibility index (Phi) is 5.59. The molecule has 0 radical (unpaired) electrons. The number of anilines is 1. The van der Waals surface area contributed by atoms with Crippen molar-refractivity contribution in [2.24, 2.45) is 0 Å². The first-order chi connectivity index (χ1) is 17.9. The van der Waals surface area contributed by atoms with Gasteiger partial charge in [-0.25, -0.2) is 0 Å². The molecule has 3 aliphatic heterocycles. The van der Waals surface area contributed by atoms with Gasteiger partial charge in [0.05, 0.1) is 27.0 Å². The Balaban J connectivity index is 1.58. The lowest BCUT2D eigenvalue weighted by molar-refractivity contribution is -0.138. The zero-order valence-electron chi connectivity index (χ0n) is 20.5. The molecule has 37 heavy (non-hydrogen) atoms. The highest BCUT2D eigenvalue weighted by Crippen LogP contribution is 2.66. The van der Waals surface area contributed by atoms with Crippen molar-refractivity contribution < 1.29 is 23.5 Å². The number of likely N-dealkylation sites (N-methyl/N-ethyl adjacent to an activating group) is 1. The summed E-state index contributed by atoms with van der Waals surface area (Å²) in [6.07, 6.45) is 1.57. The summed E-state index contributed by atoms with van der Waals surface area (Å²) in [7, 11) is 5.09. The Bertz CT molecular complexity index is 1410. The number of hydrogen-bond donors (Lipinski definition) is 1. The van der Waals surface area contributed by atoms with Gasteiger partial charge in [0.2, 0.25) is 5.91 Å². The van der Waals surface area contributed by atoms with Gasteiger partial charge in [0.1, 0.15) is 26.3 Å². The number of carbonyl (C=O) groups is 2. The third kappa shape index (κ3) is 3.15. The van der Waals surface area contributed by atoms with Gasteiger partial charge >= 0.3 is 0 Å². The first-order valence-electron chi connectivity index (χ1n) is 11.8. The number of fused-ring (bicyclic) bond motifs is 3. The molecule has 0 aliphatic carbocycles. The second kappa shape index (κ2) is 8.61. The summed E-state index contributed by atoms with van der Waals surface area (Å²) in [5.41, 5.74) is 0.984. The van der Waals surface area contributed by atoms with Crippen LogP contribution in [0.15, 0.2) is 65.3 Å². The van der Waals surface area contributed by atoms with E-state index in [9.17, 15) is 9.59 Å². The van der Waals surface area contributed by atoms with Crippen LogP contribution in [0.3, 0.4) is 0 Å². The van der Waals surface area contributed by atoms with Gasteiger partial charge in [-0.3, -0.25) is 19.4 Å². The molecule has 2 aromatic carbocycles. The van der Waals surface area contributed by atoms with Crippen LogP contribution >= 0.6 is 24.0 Å². The van der Waals surface area contributed by atoms with Crippen LogP contribution in [0.5, 0.6) is 11.5 Å². The Morgan fingerprint density at radius 2 is 1.84 bits per heavy atom. The number of likely N-dealkylation sites (tertiary alicyclic amines) is 1. The number of thiocarbonyl (C=S) groups is 1. The third-order valence-corrected chi connectivity index (χ3v) is 9.64. The summed E-state index contributed by atoms with van der Waals surface area (Å²) in [5.74, 6) is 1.13. The van der Waals surface area contributed by atoms with Gasteiger partial charge in [0.15, 0.2) is 5.54 Å². The van der Waals surface area contributed by atoms with E-state index in [0.717, 1.165) is 5.56 Å². The van der Waals surface area contributed by atoms with Crippen molar-refractivity contribution in [3.8, 4) is 11.5 Å². The topological polar surface area (TPSA) is 84.2 Å². The van der Waals surface area contributed by atoms with Gasteiger partial charge in [-0.1, -0.05) is 36.1 Å². The second-order valence-electron chi connectivity index (χ2n) is 9.36. The number of benzene rings is 2. The number of nitrogens with zero attached hydrogens (tertiary/aromatic N) is 2. The van der Waals surface area contributed by atoms with Crippen molar-refractivity contribution in [2.45, 2.75) is 22.7 Å². The molecule has 2 saturated heterocycles. The molecule has 4 heterocycles. The van der Waals surface area contributed by atoms with Crippen molar-refractivity contribution in [3.63, 3.8) is 0 Å². The molecule has 3 atom stereocenters. The number of methoxy groups -OCH3 is 2. The molecule has 3 aliphatic rings. The van der Waals surface area contributed by atoms with Crippen LogP contribution in [0.4, 0.5) is 5.69 Å². The van der Waals surface area contributed by atoms with Crippen molar-refractivity contribution in [3.05, 3.63) is 77.7 Å². The minimum Gasteiger partial charge on any atom is -0.497 e. The molecule has 2 spiro atoms. The van der Waals surface area contributed by atoms with Gasteiger partial charge in [-0.15, -0.1) is 0 Å². The smallest absolute Gasteiger partial charge is 0.251 e. The highest BCUT2D eigenvalue weighted by Gasteiger charge is 2.77. The first kappa shape index (κ1) is 24.0. The SMILES string of the molecule is COc1ccc(C2CN(C)C3(C(=O)Nc4ccc(OC)cc43)C23SC(=S)N(Cc2ccco2)C3=O)cc1. The van der Waals surface area contributed by atoms with Crippen molar-refractivity contribution >= 4 is 45.8 Å². The molecule has 2 amide bonds. The van der Waals surface area contributed by atoms with Crippen LogP contribution in [0, 0.1) is 0 Å². The largest absolute Gasteiger partial charge is 0.497 e. The number of rotatable bonds is 5. The summed E-state index contributed by atoms with van der Waals surface area (Å²) in [6.45, 7) is 0.660. The summed E-state index contributed by atoms with van der Waals surface area (Å²) in [4.78, 5) is 32.4. The van der Waals surface area contributed by atoms with E-state index < -0.39 is 10.3 Å². The maximum atomic E-state index is 14.7. The normalized spacial score (nSPS) is 26.8. The zero-order valence-corrected chi connectivity index (χ0v) is 22.2. The number of ether oxygens (including phenoxy) is 2. The lowest BCUT2D eigenvalue weighted by atomic mass is 9.72. The van der Waals surface area contributed by atoms with E-state index in [1.807, 2.05) is 54.4 Å². The fraction of sp³-hybridized carbons (Fsp3) is 0.296. The monoisotopic (exact) mass is 535 g/mol. The minimum atomic E-state index is -1.31. The van der Waals surface area contributed by atoms with Crippen LogP contribution < -0.4 is 14.8 Å². The van der Waals surface area contributed by atoms with E-state index in [1.165, 1.54) is 11.8 Å². The van der Waals surface area contributed by atoms with Gasteiger partial charge in [0.25, 0.3) is 5.91 Å².